The quantitative estimate of drug-likeness (QED) is 0.0820. The minimum absolute atomic E-state index is 0.0185. The number of rotatable bonds is 19. The van der Waals surface area contributed by atoms with E-state index in [0.717, 1.165) is 0 Å². The molecule has 17 nitrogen and oxygen atoms in total. The summed E-state index contributed by atoms with van der Waals surface area (Å²) < 4.78 is 140. The summed E-state index contributed by atoms with van der Waals surface area (Å²) in [5.41, 5.74) is 1.36. The Morgan fingerprint density at radius 3 is 1.95 bits per heavy atom. The van der Waals surface area contributed by atoms with E-state index < -0.39 is 74.5 Å². The average Bonchev–Trinajstić information content (AvgIpc) is 3.30. The highest BCUT2D eigenvalue weighted by molar-refractivity contribution is 7.86. The molecule has 1 aliphatic carbocycles. The molecule has 1 unspecified atom stereocenters. The minimum atomic E-state index is -4.64. The van der Waals surface area contributed by atoms with E-state index in [9.17, 15) is 61.8 Å². The first kappa shape index (κ1) is 47.7. The van der Waals surface area contributed by atoms with E-state index in [1.54, 1.807) is 52.8 Å². The molecule has 326 valence electrons. The van der Waals surface area contributed by atoms with E-state index >= 15 is 0 Å². The fraction of sp³-hybridized carbons (Fsp3) is 0.474. The van der Waals surface area contributed by atoms with Crippen LogP contribution in [-0.2, 0) is 56.1 Å². The molecule has 1 aromatic rings. The molecule has 1 aromatic carbocycles. The number of nitrogens with zero attached hydrogens (tertiary/aromatic N) is 2. The zero-order valence-electron chi connectivity index (χ0n) is 33.1. The third-order valence-electron chi connectivity index (χ3n) is 9.94. The summed E-state index contributed by atoms with van der Waals surface area (Å²) in [6.07, 6.45) is 5.55. The standard InChI is InChI=1S/C38H50N2O15S4/c1-37(2,3)35-24-27(30-15-13-28(25-33(30)55-35)39(18-7-21-56(43,44)45)19-8-22-57(46,47)48)10-5-11-34-38(4,17-6-12-36(41)42)31-26-29(59(52,53)54)14-16-32(31)40(34)20-9-23-58(49,50)51/h5,10-11,13-16,24-26H,6-9,12,17-23H2,1-4H3,(H4-,41,42,43,44,45,46,47,48,49,50,51,52,53,54)/p+1. The molecule has 0 radical (unpaired) electrons. The van der Waals surface area contributed by atoms with Gasteiger partial charge in [-0.15, -0.1) is 0 Å². The number of aliphatic carboxylic acids is 1. The van der Waals surface area contributed by atoms with Gasteiger partial charge in [0.25, 0.3) is 40.5 Å². The second-order valence-electron chi connectivity index (χ2n) is 15.7. The molecule has 4 rings (SSSR count). The molecular weight excluding hydrogens is 853 g/mol. The summed E-state index contributed by atoms with van der Waals surface area (Å²) in [5, 5.41) is 10.00. The predicted octanol–water partition coefficient (Wildman–Crippen LogP) is 4.46. The van der Waals surface area contributed by atoms with Crippen molar-refractivity contribution in [1.82, 2.24) is 4.58 Å². The van der Waals surface area contributed by atoms with Gasteiger partial charge in [-0.2, -0.15) is 33.7 Å². The maximum atomic E-state index is 12.2. The minimum Gasteiger partial charge on any atom is -0.481 e. The first-order chi connectivity index (χ1) is 27.1. The Hall–Kier alpha value is -3.96. The Morgan fingerprint density at radius 2 is 1.41 bits per heavy atom. The molecule has 0 amide bonds. The summed E-state index contributed by atoms with van der Waals surface area (Å²) in [4.78, 5) is 13.0. The normalized spacial score (nSPS) is 17.3. The van der Waals surface area contributed by atoms with Gasteiger partial charge in [0, 0.05) is 59.7 Å². The maximum Gasteiger partial charge on any atom is 0.303 e. The number of anilines is 1. The van der Waals surface area contributed by atoms with Crippen LogP contribution < -0.4 is 14.8 Å². The predicted molar refractivity (Wildman–Crippen MR) is 222 cm³/mol. The highest BCUT2D eigenvalue weighted by Gasteiger charge is 2.43. The van der Waals surface area contributed by atoms with Crippen LogP contribution in [0.5, 0.6) is 0 Å². The topological polar surface area (TPSA) is 274 Å². The highest BCUT2D eigenvalue weighted by atomic mass is 32.2. The monoisotopic (exact) mass is 903 g/mol. The number of hydrogen-bond donors (Lipinski definition) is 5. The molecule has 2 heterocycles. The lowest BCUT2D eigenvalue weighted by atomic mass is 9.77. The summed E-state index contributed by atoms with van der Waals surface area (Å²) >= 11 is 0. The Kier molecular flexibility index (Phi) is 14.8. The third kappa shape index (κ3) is 13.5. The van der Waals surface area contributed by atoms with Gasteiger partial charge in [-0.3, -0.25) is 23.0 Å². The maximum absolute atomic E-state index is 12.2. The highest BCUT2D eigenvalue weighted by Crippen LogP contribution is 2.51. The van der Waals surface area contributed by atoms with Crippen molar-refractivity contribution in [3.05, 3.63) is 82.6 Å². The van der Waals surface area contributed by atoms with Gasteiger partial charge in [-0.05, 0) is 73.7 Å². The van der Waals surface area contributed by atoms with E-state index in [-0.39, 0.29) is 63.1 Å². The third-order valence-corrected chi connectivity index (χ3v) is 13.2. The van der Waals surface area contributed by atoms with Gasteiger partial charge in [0.2, 0.25) is 5.36 Å². The molecule has 59 heavy (non-hydrogen) atoms. The van der Waals surface area contributed by atoms with Gasteiger partial charge < -0.3 is 14.4 Å². The molecule has 0 saturated heterocycles. The number of fused-ring (bicyclic) bond motifs is 2. The Balaban J connectivity index is 1.90. The van der Waals surface area contributed by atoms with Crippen molar-refractivity contribution < 1.29 is 66.2 Å². The molecule has 0 saturated carbocycles. The van der Waals surface area contributed by atoms with Crippen LogP contribution in [-0.4, -0.2) is 99.9 Å². The van der Waals surface area contributed by atoms with Crippen LogP contribution in [0.25, 0.3) is 17.4 Å². The van der Waals surface area contributed by atoms with Gasteiger partial charge in [0.05, 0.1) is 28.2 Å². The van der Waals surface area contributed by atoms with Gasteiger partial charge in [0.1, 0.15) is 24.6 Å². The summed E-state index contributed by atoms with van der Waals surface area (Å²) in [7, 11) is -17.5. The summed E-state index contributed by atoms with van der Waals surface area (Å²) in [6.45, 7) is 7.94. The molecule has 21 heteroatoms. The SMILES string of the molecule is CC(C)(C)c1cc(/C=C/C=C2\N(CCCS(=O)(=O)O)c3ccc(S(=O)(=O)O)cc3C2(C)CCCC(=O)O)c2ccc(=[N+](CCCS(=O)(=O)O)CCCS(=O)(=O)O)cc-2o1. The molecule has 0 fully saturated rings. The van der Waals surface area contributed by atoms with Crippen LogP contribution in [0.3, 0.4) is 0 Å². The number of benzene rings is 2. The van der Waals surface area contributed by atoms with Crippen molar-refractivity contribution in [1.29, 1.82) is 0 Å². The number of carboxylic acid groups (broad SMARTS) is 1. The van der Waals surface area contributed by atoms with E-state index in [0.29, 0.717) is 45.0 Å². The fourth-order valence-corrected chi connectivity index (χ4v) is 9.08. The van der Waals surface area contributed by atoms with Crippen molar-refractivity contribution in [3.8, 4) is 11.3 Å². The van der Waals surface area contributed by atoms with E-state index in [4.69, 9.17) is 4.42 Å². The van der Waals surface area contributed by atoms with Crippen molar-refractivity contribution in [2.45, 2.75) is 81.9 Å². The lowest BCUT2D eigenvalue weighted by Gasteiger charge is -2.30. The van der Waals surface area contributed by atoms with Crippen LogP contribution in [0.2, 0.25) is 0 Å². The van der Waals surface area contributed by atoms with Crippen molar-refractivity contribution in [2.75, 3.05) is 41.8 Å². The van der Waals surface area contributed by atoms with Gasteiger partial charge in [-0.1, -0.05) is 32.9 Å². The molecule has 0 bridgehead atoms. The zero-order valence-corrected chi connectivity index (χ0v) is 36.4. The van der Waals surface area contributed by atoms with Crippen LogP contribution >= 0.6 is 0 Å². The van der Waals surface area contributed by atoms with Crippen LogP contribution in [0, 0.1) is 0 Å². The smallest absolute Gasteiger partial charge is 0.303 e. The van der Waals surface area contributed by atoms with Gasteiger partial charge in [0.15, 0.2) is 0 Å². The second-order valence-corrected chi connectivity index (χ2v) is 21.8. The molecule has 5 N–H and O–H groups in total. The summed E-state index contributed by atoms with van der Waals surface area (Å²) in [5.74, 6) is -1.64. The Bertz CT molecular complexity index is 2570. The van der Waals surface area contributed by atoms with Crippen LogP contribution in [0.15, 0.2) is 69.6 Å². The first-order valence-corrected chi connectivity index (χ1v) is 24.9. The molecule has 1 atom stereocenters. The molecule has 0 spiro atoms. The molecular formula is C38H51N2O15S4+. The molecule has 2 aliphatic heterocycles. The van der Waals surface area contributed by atoms with Crippen LogP contribution in [0.1, 0.15) is 83.1 Å². The fourth-order valence-electron chi connectivity index (χ4n) is 7.09. The van der Waals surface area contributed by atoms with E-state index in [1.807, 2.05) is 26.8 Å². The van der Waals surface area contributed by atoms with Crippen molar-refractivity contribution in [2.24, 2.45) is 0 Å². The number of carboxylic acids is 1. The summed E-state index contributed by atoms with van der Waals surface area (Å²) in [6, 6.07) is 11.1. The van der Waals surface area contributed by atoms with E-state index in [2.05, 4.69) is 0 Å². The Labute approximate surface area is 345 Å². The first-order valence-electron chi connectivity index (χ1n) is 18.6. The average molecular weight is 904 g/mol. The van der Waals surface area contributed by atoms with Gasteiger partial charge >= 0.3 is 5.97 Å². The zero-order chi connectivity index (χ0) is 44.2. The number of hydrogen-bond acceptors (Lipinski definition) is 11. The van der Waals surface area contributed by atoms with Crippen molar-refractivity contribution >= 4 is 58.2 Å². The van der Waals surface area contributed by atoms with Crippen molar-refractivity contribution in [3.63, 3.8) is 0 Å². The molecule has 3 aliphatic rings. The number of carbonyl (C=O) groups is 1. The van der Waals surface area contributed by atoms with E-state index in [1.165, 1.54) is 18.2 Å². The van der Waals surface area contributed by atoms with Gasteiger partial charge in [-0.25, -0.2) is 4.58 Å². The number of allylic oxidation sites excluding steroid dienone is 3. The second kappa shape index (κ2) is 18.3. The van der Waals surface area contributed by atoms with Crippen LogP contribution in [0.4, 0.5) is 5.69 Å². The lowest BCUT2D eigenvalue weighted by Crippen LogP contribution is -2.33. The largest absolute Gasteiger partial charge is 0.481 e. The molecule has 0 aromatic heterocycles. The lowest BCUT2D eigenvalue weighted by molar-refractivity contribution is -0.137. The Morgan fingerprint density at radius 1 is 0.814 bits per heavy atom.